The highest BCUT2D eigenvalue weighted by Crippen LogP contribution is 2.15. The van der Waals surface area contributed by atoms with Crippen molar-refractivity contribution in [3.8, 4) is 0 Å². The van der Waals surface area contributed by atoms with Crippen molar-refractivity contribution in [3.05, 3.63) is 6.42 Å². The molecule has 1 rings (SSSR count). The quantitative estimate of drug-likeness (QED) is 0.527. The van der Waals surface area contributed by atoms with Gasteiger partial charge in [-0.2, -0.15) is 0 Å². The van der Waals surface area contributed by atoms with Gasteiger partial charge in [-0.25, -0.2) is 0 Å². The summed E-state index contributed by atoms with van der Waals surface area (Å²) < 4.78 is 0. The first-order valence-corrected chi connectivity index (χ1v) is 3.89. The Morgan fingerprint density at radius 3 is 2.22 bits per heavy atom. The van der Waals surface area contributed by atoms with Crippen LogP contribution in [0, 0.1) is 6.42 Å². The van der Waals surface area contributed by atoms with E-state index in [4.69, 9.17) is 0 Å². The van der Waals surface area contributed by atoms with E-state index in [0.29, 0.717) is 0 Å². The van der Waals surface area contributed by atoms with Crippen LogP contribution < -0.4 is 0 Å². The maximum Gasteiger partial charge on any atom is 0.0540 e. The van der Waals surface area contributed by atoms with Crippen LogP contribution in [0.2, 0.25) is 0 Å². The molecule has 0 aromatic carbocycles. The lowest BCUT2D eigenvalue weighted by atomic mass is 9.99. The molecule has 0 aliphatic heterocycles. The van der Waals surface area contributed by atoms with Crippen molar-refractivity contribution in [2.45, 2.75) is 44.6 Å². The van der Waals surface area contributed by atoms with Gasteiger partial charge in [-0.1, -0.05) is 25.7 Å². The Balaban J connectivity index is 2.12. The van der Waals surface area contributed by atoms with Crippen molar-refractivity contribution in [1.82, 2.24) is 0 Å². The fourth-order valence-electron chi connectivity index (χ4n) is 1.28. The fourth-order valence-corrected chi connectivity index (χ4v) is 1.28. The number of hydrogen-bond acceptors (Lipinski definition) is 1. The molecular weight excluding hydrogens is 112 g/mol. The number of aliphatic hydroxyl groups excluding tert-OH is 1. The largest absolute Gasteiger partial charge is 0.393 e. The van der Waals surface area contributed by atoms with Gasteiger partial charge in [0, 0.05) is 0 Å². The van der Waals surface area contributed by atoms with E-state index in [-0.39, 0.29) is 6.10 Å². The summed E-state index contributed by atoms with van der Waals surface area (Å²) in [6, 6.07) is 0. The minimum Gasteiger partial charge on any atom is -0.393 e. The molecule has 0 amide bonds. The smallest absolute Gasteiger partial charge is 0.0540 e. The van der Waals surface area contributed by atoms with Crippen LogP contribution >= 0.6 is 0 Å². The summed E-state index contributed by atoms with van der Waals surface area (Å²) >= 11 is 0. The molecule has 9 heavy (non-hydrogen) atoms. The van der Waals surface area contributed by atoms with E-state index < -0.39 is 0 Å². The van der Waals surface area contributed by atoms with E-state index in [1.54, 1.807) is 0 Å². The molecule has 0 saturated heterocycles. The molecule has 0 aromatic rings. The fraction of sp³-hybridized carbons (Fsp3) is 0.875. The van der Waals surface area contributed by atoms with Gasteiger partial charge in [0.1, 0.15) is 0 Å². The Morgan fingerprint density at radius 2 is 1.67 bits per heavy atom. The number of hydrogen-bond donors (Lipinski definition) is 1. The van der Waals surface area contributed by atoms with Crippen LogP contribution in [0.25, 0.3) is 0 Å². The van der Waals surface area contributed by atoms with Crippen LogP contribution in [-0.2, 0) is 0 Å². The van der Waals surface area contributed by atoms with Crippen molar-refractivity contribution >= 4 is 0 Å². The van der Waals surface area contributed by atoms with Gasteiger partial charge >= 0.3 is 0 Å². The first-order chi connectivity index (χ1) is 4.39. The van der Waals surface area contributed by atoms with Crippen LogP contribution in [0.5, 0.6) is 0 Å². The topological polar surface area (TPSA) is 20.2 Å². The lowest BCUT2D eigenvalue weighted by Gasteiger charge is -2.12. The summed E-state index contributed by atoms with van der Waals surface area (Å²) in [5, 5.41) is 9.20. The van der Waals surface area contributed by atoms with E-state index in [1.165, 1.54) is 25.7 Å². The lowest BCUT2D eigenvalue weighted by molar-refractivity contribution is 0.145. The first-order valence-electron chi connectivity index (χ1n) is 3.89. The van der Waals surface area contributed by atoms with E-state index >= 15 is 0 Å². The molecule has 0 aromatic heterocycles. The molecule has 1 nitrogen and oxygen atoms in total. The van der Waals surface area contributed by atoms with Crippen LogP contribution in [0.4, 0.5) is 0 Å². The number of aliphatic hydroxyl groups is 1. The Hall–Kier alpha value is -0.0400. The monoisotopic (exact) mass is 127 g/mol. The summed E-state index contributed by atoms with van der Waals surface area (Å²) in [6.45, 7) is 0. The summed E-state index contributed by atoms with van der Waals surface area (Å²) in [7, 11) is 0. The molecule has 1 radical (unpaired) electrons. The summed E-state index contributed by atoms with van der Waals surface area (Å²) in [6.07, 6.45) is 9.13. The van der Waals surface area contributed by atoms with Crippen molar-refractivity contribution in [3.63, 3.8) is 0 Å². The highest BCUT2D eigenvalue weighted by molar-refractivity contribution is 4.70. The zero-order valence-corrected chi connectivity index (χ0v) is 5.84. The minimum absolute atomic E-state index is 0.00120. The molecular formula is C8H15O. The molecule has 1 aliphatic rings. The molecule has 0 atom stereocenters. The summed E-state index contributed by atoms with van der Waals surface area (Å²) in [5.41, 5.74) is 0. The van der Waals surface area contributed by atoms with Crippen molar-refractivity contribution < 1.29 is 5.11 Å². The average Bonchev–Trinajstić information content (AvgIpc) is 1.79. The van der Waals surface area contributed by atoms with Crippen molar-refractivity contribution in [1.29, 1.82) is 0 Å². The van der Waals surface area contributed by atoms with Crippen molar-refractivity contribution in [2.24, 2.45) is 0 Å². The lowest BCUT2D eigenvalue weighted by Crippen LogP contribution is -2.07. The first kappa shape index (κ1) is 7.07. The molecule has 53 valence electrons. The SMILES string of the molecule is OC1CCC[CH]CCC1. The predicted octanol–water partition coefficient (Wildman–Crippen LogP) is 1.91. The Bertz CT molecular complexity index is 63.0. The molecule has 1 aliphatic carbocycles. The van der Waals surface area contributed by atoms with Gasteiger partial charge in [-0.15, -0.1) is 0 Å². The molecule has 1 saturated carbocycles. The highest BCUT2D eigenvalue weighted by Gasteiger charge is 2.06. The maximum atomic E-state index is 9.20. The number of rotatable bonds is 0. The van der Waals surface area contributed by atoms with E-state index in [2.05, 4.69) is 6.42 Å². The molecule has 1 heteroatoms. The van der Waals surface area contributed by atoms with Crippen LogP contribution in [0.3, 0.4) is 0 Å². The van der Waals surface area contributed by atoms with Gasteiger partial charge in [-0.05, 0) is 19.3 Å². The zero-order chi connectivity index (χ0) is 6.53. The van der Waals surface area contributed by atoms with Crippen molar-refractivity contribution in [2.75, 3.05) is 0 Å². The molecule has 1 N–H and O–H groups in total. The van der Waals surface area contributed by atoms with Crippen LogP contribution in [-0.4, -0.2) is 11.2 Å². The summed E-state index contributed by atoms with van der Waals surface area (Å²) in [5.74, 6) is 0. The van der Waals surface area contributed by atoms with Gasteiger partial charge in [0.05, 0.1) is 6.10 Å². The Kier molecular flexibility index (Phi) is 3.05. The van der Waals surface area contributed by atoms with Gasteiger partial charge in [0.25, 0.3) is 0 Å². The second kappa shape index (κ2) is 3.89. The second-order valence-electron chi connectivity index (χ2n) is 2.80. The zero-order valence-electron chi connectivity index (χ0n) is 5.84. The summed E-state index contributed by atoms with van der Waals surface area (Å²) in [4.78, 5) is 0. The van der Waals surface area contributed by atoms with E-state index in [1.807, 2.05) is 0 Å². The molecule has 0 heterocycles. The predicted molar refractivity (Wildman–Crippen MR) is 38.0 cm³/mol. The van der Waals surface area contributed by atoms with E-state index in [9.17, 15) is 5.11 Å². The normalized spacial score (nSPS) is 25.0. The van der Waals surface area contributed by atoms with Gasteiger partial charge in [0.2, 0.25) is 0 Å². The third-order valence-electron chi connectivity index (χ3n) is 1.89. The molecule has 0 bridgehead atoms. The Labute approximate surface area is 57.1 Å². The van der Waals surface area contributed by atoms with Crippen LogP contribution in [0.1, 0.15) is 38.5 Å². The highest BCUT2D eigenvalue weighted by atomic mass is 16.3. The van der Waals surface area contributed by atoms with Gasteiger partial charge < -0.3 is 5.11 Å². The Morgan fingerprint density at radius 1 is 1.11 bits per heavy atom. The average molecular weight is 127 g/mol. The van der Waals surface area contributed by atoms with Gasteiger partial charge in [-0.3, -0.25) is 0 Å². The minimum atomic E-state index is -0.00120. The molecule has 0 spiro atoms. The maximum absolute atomic E-state index is 9.20. The molecule has 1 fully saturated rings. The van der Waals surface area contributed by atoms with Crippen LogP contribution in [0.15, 0.2) is 0 Å². The third-order valence-corrected chi connectivity index (χ3v) is 1.89. The standard InChI is InChI=1S/C8H15O/c9-8-6-4-2-1-3-5-7-8/h1,8-9H,2-7H2. The molecule has 0 unspecified atom stereocenters. The van der Waals surface area contributed by atoms with Gasteiger partial charge in [0.15, 0.2) is 0 Å². The third kappa shape index (κ3) is 2.85. The van der Waals surface area contributed by atoms with E-state index in [0.717, 1.165) is 12.8 Å². The second-order valence-corrected chi connectivity index (χ2v) is 2.80.